The molecule has 0 spiro atoms. The lowest BCUT2D eigenvalue weighted by Crippen LogP contribution is -2.25. The quantitative estimate of drug-likeness (QED) is 0.567. The molecule has 0 fully saturated rings. The zero-order valence-corrected chi connectivity index (χ0v) is 11.8. The Bertz CT molecular complexity index is 580. The lowest BCUT2D eigenvalue weighted by Gasteiger charge is -2.05. The van der Waals surface area contributed by atoms with Crippen molar-refractivity contribution in [1.29, 1.82) is 0 Å². The summed E-state index contributed by atoms with van der Waals surface area (Å²) >= 11 is 0. The van der Waals surface area contributed by atoms with Crippen LogP contribution in [-0.4, -0.2) is 33.9 Å². The van der Waals surface area contributed by atoms with E-state index in [2.05, 4.69) is 10.1 Å². The molecular formula is C12H16N2O5S. The highest BCUT2D eigenvalue weighted by atomic mass is 32.2. The van der Waals surface area contributed by atoms with Gasteiger partial charge in [0.2, 0.25) is 10.0 Å². The number of carbonyl (C=O) groups excluding carboxylic acids is 2. The number of nitrogens with one attached hydrogen (secondary N) is 1. The van der Waals surface area contributed by atoms with Crippen molar-refractivity contribution in [2.24, 2.45) is 5.14 Å². The second-order valence-corrected chi connectivity index (χ2v) is 5.57. The van der Waals surface area contributed by atoms with Crippen LogP contribution in [0.3, 0.4) is 0 Å². The van der Waals surface area contributed by atoms with Gasteiger partial charge in [0.25, 0.3) is 5.91 Å². The normalized spacial score (nSPS) is 10.9. The summed E-state index contributed by atoms with van der Waals surface area (Å²) in [5.74, 6) is -0.687. The van der Waals surface area contributed by atoms with Crippen molar-refractivity contribution in [3.8, 4) is 0 Å². The van der Waals surface area contributed by atoms with Gasteiger partial charge in [-0.05, 0) is 30.7 Å². The van der Waals surface area contributed by atoms with Crippen molar-refractivity contribution in [2.75, 3.05) is 13.7 Å². The highest BCUT2D eigenvalue weighted by Crippen LogP contribution is 2.08. The molecule has 0 unspecified atom stereocenters. The fraction of sp³-hybridized carbons (Fsp3) is 0.333. The number of carbonyl (C=O) groups is 2. The molecule has 0 aliphatic rings. The molecule has 0 aliphatic heterocycles. The SMILES string of the molecule is COC(=O)CCCNC(=O)c1ccc(S(N)(=O)=O)cc1. The van der Waals surface area contributed by atoms with Crippen LogP contribution in [0.4, 0.5) is 0 Å². The molecule has 0 saturated heterocycles. The number of esters is 1. The van der Waals surface area contributed by atoms with Crippen molar-refractivity contribution in [1.82, 2.24) is 5.32 Å². The smallest absolute Gasteiger partial charge is 0.305 e. The third-order valence-corrected chi connectivity index (χ3v) is 3.45. The topological polar surface area (TPSA) is 116 Å². The number of sulfonamides is 1. The minimum atomic E-state index is -3.76. The Morgan fingerprint density at radius 1 is 1.25 bits per heavy atom. The van der Waals surface area contributed by atoms with Crippen LogP contribution in [0.1, 0.15) is 23.2 Å². The summed E-state index contributed by atoms with van der Waals surface area (Å²) in [4.78, 5) is 22.5. The van der Waals surface area contributed by atoms with Crippen LogP contribution in [0.25, 0.3) is 0 Å². The predicted molar refractivity (Wildman–Crippen MR) is 71.4 cm³/mol. The number of amides is 1. The summed E-state index contributed by atoms with van der Waals surface area (Å²) in [7, 11) is -2.46. The molecule has 0 atom stereocenters. The summed E-state index contributed by atoms with van der Waals surface area (Å²) in [5.41, 5.74) is 0.315. The zero-order chi connectivity index (χ0) is 15.2. The summed E-state index contributed by atoms with van der Waals surface area (Å²) in [6, 6.07) is 5.27. The molecule has 0 bridgehead atoms. The van der Waals surface area contributed by atoms with E-state index in [1.165, 1.54) is 31.4 Å². The maximum Gasteiger partial charge on any atom is 0.305 e. The van der Waals surface area contributed by atoms with Crippen LogP contribution in [0, 0.1) is 0 Å². The van der Waals surface area contributed by atoms with Crippen molar-refractivity contribution in [3.63, 3.8) is 0 Å². The number of hydrogen-bond donors (Lipinski definition) is 2. The van der Waals surface area contributed by atoms with E-state index in [1.807, 2.05) is 0 Å². The lowest BCUT2D eigenvalue weighted by atomic mass is 10.2. The average Bonchev–Trinajstić information content (AvgIpc) is 2.42. The van der Waals surface area contributed by atoms with E-state index in [0.29, 0.717) is 18.5 Å². The van der Waals surface area contributed by atoms with E-state index >= 15 is 0 Å². The molecule has 0 radical (unpaired) electrons. The van der Waals surface area contributed by atoms with Crippen molar-refractivity contribution in [2.45, 2.75) is 17.7 Å². The second kappa shape index (κ2) is 7.01. The zero-order valence-electron chi connectivity index (χ0n) is 11.0. The van der Waals surface area contributed by atoms with Crippen LogP contribution in [-0.2, 0) is 19.6 Å². The van der Waals surface area contributed by atoms with E-state index in [4.69, 9.17) is 5.14 Å². The van der Waals surface area contributed by atoms with Crippen LogP contribution in [0.15, 0.2) is 29.2 Å². The molecular weight excluding hydrogens is 284 g/mol. The maximum absolute atomic E-state index is 11.7. The van der Waals surface area contributed by atoms with Gasteiger partial charge in [0.15, 0.2) is 0 Å². The van der Waals surface area contributed by atoms with Crippen LogP contribution >= 0.6 is 0 Å². The van der Waals surface area contributed by atoms with E-state index in [1.54, 1.807) is 0 Å². The van der Waals surface area contributed by atoms with Gasteiger partial charge < -0.3 is 10.1 Å². The van der Waals surface area contributed by atoms with E-state index in [9.17, 15) is 18.0 Å². The van der Waals surface area contributed by atoms with Gasteiger partial charge in [0, 0.05) is 18.5 Å². The first kappa shape index (κ1) is 16.1. The van der Waals surface area contributed by atoms with Gasteiger partial charge in [-0.3, -0.25) is 9.59 Å². The highest BCUT2D eigenvalue weighted by Gasteiger charge is 2.10. The number of ether oxygens (including phenoxy) is 1. The molecule has 3 N–H and O–H groups in total. The fourth-order valence-corrected chi connectivity index (χ4v) is 1.95. The van der Waals surface area contributed by atoms with Gasteiger partial charge in [-0.1, -0.05) is 0 Å². The molecule has 110 valence electrons. The Kier molecular flexibility index (Phi) is 5.66. The third-order valence-electron chi connectivity index (χ3n) is 2.52. The number of nitrogens with two attached hydrogens (primary N) is 1. The molecule has 0 aromatic heterocycles. The summed E-state index contributed by atoms with van der Waals surface area (Å²) in [6.07, 6.45) is 0.689. The van der Waals surface area contributed by atoms with Gasteiger partial charge in [-0.25, -0.2) is 13.6 Å². The Hall–Kier alpha value is -1.93. The number of primary sulfonamides is 1. The minimum absolute atomic E-state index is 0.0558. The van der Waals surface area contributed by atoms with Crippen LogP contribution in [0.5, 0.6) is 0 Å². The average molecular weight is 300 g/mol. The number of rotatable bonds is 6. The fourth-order valence-electron chi connectivity index (χ4n) is 1.43. The molecule has 0 aliphatic carbocycles. The Morgan fingerprint density at radius 3 is 2.35 bits per heavy atom. The van der Waals surface area contributed by atoms with E-state index < -0.39 is 10.0 Å². The molecule has 1 aromatic rings. The first-order valence-corrected chi connectivity index (χ1v) is 7.37. The third kappa shape index (κ3) is 4.98. The molecule has 0 heterocycles. The summed E-state index contributed by atoms with van der Waals surface area (Å²) in [6.45, 7) is 0.324. The largest absolute Gasteiger partial charge is 0.469 e. The first-order chi connectivity index (χ1) is 9.34. The highest BCUT2D eigenvalue weighted by molar-refractivity contribution is 7.89. The van der Waals surface area contributed by atoms with Crippen LogP contribution in [0.2, 0.25) is 0 Å². The summed E-state index contributed by atoms with van der Waals surface area (Å²) < 4.78 is 26.6. The van der Waals surface area contributed by atoms with Gasteiger partial charge in [-0.2, -0.15) is 0 Å². The maximum atomic E-state index is 11.7. The molecule has 1 amide bonds. The van der Waals surface area contributed by atoms with E-state index in [-0.39, 0.29) is 23.2 Å². The monoisotopic (exact) mass is 300 g/mol. The molecule has 0 saturated carbocycles. The van der Waals surface area contributed by atoms with E-state index in [0.717, 1.165) is 0 Å². The van der Waals surface area contributed by atoms with Crippen molar-refractivity contribution >= 4 is 21.9 Å². The molecule has 8 heteroatoms. The minimum Gasteiger partial charge on any atom is -0.469 e. The second-order valence-electron chi connectivity index (χ2n) is 4.00. The standard InChI is InChI=1S/C12H16N2O5S/c1-19-11(15)3-2-8-14-12(16)9-4-6-10(7-5-9)20(13,17)18/h4-7H,2-3,8H2,1H3,(H,14,16)(H2,13,17,18). The Labute approximate surface area is 117 Å². The van der Waals surface area contributed by atoms with Crippen LogP contribution < -0.4 is 10.5 Å². The van der Waals surface area contributed by atoms with Crippen molar-refractivity contribution < 1.29 is 22.7 Å². The first-order valence-electron chi connectivity index (χ1n) is 5.82. The number of methoxy groups -OCH3 is 1. The Balaban J connectivity index is 2.50. The number of benzene rings is 1. The molecule has 1 rings (SSSR count). The van der Waals surface area contributed by atoms with Crippen molar-refractivity contribution in [3.05, 3.63) is 29.8 Å². The molecule has 20 heavy (non-hydrogen) atoms. The lowest BCUT2D eigenvalue weighted by molar-refractivity contribution is -0.140. The summed E-state index contributed by atoms with van der Waals surface area (Å²) in [5, 5.41) is 7.56. The van der Waals surface area contributed by atoms with Gasteiger partial charge in [0.05, 0.1) is 12.0 Å². The van der Waals surface area contributed by atoms with Gasteiger partial charge in [0.1, 0.15) is 0 Å². The molecule has 1 aromatic carbocycles. The molecule has 7 nitrogen and oxygen atoms in total. The van der Waals surface area contributed by atoms with Gasteiger partial charge >= 0.3 is 5.97 Å². The Morgan fingerprint density at radius 2 is 1.85 bits per heavy atom. The predicted octanol–water partition coefficient (Wildman–Crippen LogP) is 0.0170. The van der Waals surface area contributed by atoms with Gasteiger partial charge in [-0.15, -0.1) is 0 Å². The number of hydrogen-bond acceptors (Lipinski definition) is 5.